The van der Waals surface area contributed by atoms with Crippen LogP contribution in [-0.2, 0) is 9.59 Å². The smallest absolute Gasteiger partial charge is 0.335 e. The van der Waals surface area contributed by atoms with Gasteiger partial charge < -0.3 is 4.74 Å². The number of hydrogen-bond donors (Lipinski definition) is 1. The average Bonchev–Trinajstić information content (AvgIpc) is 2.59. The second-order valence-corrected chi connectivity index (χ2v) is 6.15. The number of barbiturate groups is 1. The molecule has 0 bridgehead atoms. The Hall–Kier alpha value is -2.83. The van der Waals surface area contributed by atoms with E-state index in [9.17, 15) is 14.4 Å². The minimum absolute atomic E-state index is 0.228. The minimum Gasteiger partial charge on any atom is -0.495 e. The molecule has 1 fully saturated rings. The van der Waals surface area contributed by atoms with E-state index in [1.54, 1.807) is 30.3 Å². The molecule has 3 rings (SSSR count). The van der Waals surface area contributed by atoms with Crippen LogP contribution in [0.5, 0.6) is 5.75 Å². The van der Waals surface area contributed by atoms with E-state index in [0.29, 0.717) is 16.3 Å². The lowest BCUT2D eigenvalue weighted by Crippen LogP contribution is -2.54. The van der Waals surface area contributed by atoms with Gasteiger partial charge in [0.15, 0.2) is 0 Å². The zero-order valence-electron chi connectivity index (χ0n) is 13.5. The SMILES string of the molecule is COc1c(Cl)cc(Cl)cc1/C=C1\C(=O)NC(=O)N(c2ccccc2)C1=O. The normalized spacial score (nSPS) is 16.0. The second-order valence-electron chi connectivity index (χ2n) is 5.30. The Bertz CT molecular complexity index is 942. The quantitative estimate of drug-likeness (QED) is 0.640. The standard InChI is InChI=1S/C18H12Cl2N2O4/c1-26-15-10(7-11(19)9-14(15)20)8-13-16(23)21-18(25)22(17(13)24)12-5-3-2-4-6-12/h2-9H,1H3,(H,21,23,25)/b13-8+. The lowest BCUT2D eigenvalue weighted by Gasteiger charge is -2.26. The lowest BCUT2D eigenvalue weighted by molar-refractivity contribution is -0.122. The number of hydrogen-bond acceptors (Lipinski definition) is 4. The third kappa shape index (κ3) is 3.29. The number of nitrogens with zero attached hydrogens (tertiary/aromatic N) is 1. The van der Waals surface area contributed by atoms with Gasteiger partial charge in [-0.05, 0) is 30.3 Å². The van der Waals surface area contributed by atoms with Gasteiger partial charge in [-0.3, -0.25) is 14.9 Å². The first-order chi connectivity index (χ1) is 12.4. The van der Waals surface area contributed by atoms with Crippen molar-refractivity contribution in [3.05, 3.63) is 63.6 Å². The van der Waals surface area contributed by atoms with Crippen LogP contribution in [0.2, 0.25) is 10.0 Å². The summed E-state index contributed by atoms with van der Waals surface area (Å²) in [6, 6.07) is 10.4. The Morgan fingerprint density at radius 2 is 1.77 bits per heavy atom. The molecule has 1 saturated heterocycles. The van der Waals surface area contributed by atoms with E-state index >= 15 is 0 Å². The van der Waals surface area contributed by atoms with Crippen LogP contribution in [0.3, 0.4) is 0 Å². The molecule has 1 aliphatic rings. The van der Waals surface area contributed by atoms with Gasteiger partial charge in [-0.1, -0.05) is 41.4 Å². The molecule has 2 aromatic carbocycles. The highest BCUT2D eigenvalue weighted by molar-refractivity contribution is 6.39. The van der Waals surface area contributed by atoms with Gasteiger partial charge in [-0.15, -0.1) is 0 Å². The lowest BCUT2D eigenvalue weighted by atomic mass is 10.1. The summed E-state index contributed by atoms with van der Waals surface area (Å²) in [5, 5.41) is 2.68. The number of urea groups is 1. The molecule has 4 amide bonds. The van der Waals surface area contributed by atoms with Gasteiger partial charge in [-0.2, -0.15) is 0 Å². The number of ether oxygens (including phenoxy) is 1. The summed E-state index contributed by atoms with van der Waals surface area (Å²) in [6.45, 7) is 0. The average molecular weight is 391 g/mol. The zero-order chi connectivity index (χ0) is 18.8. The summed E-state index contributed by atoms with van der Waals surface area (Å²) in [5.41, 5.74) is 0.431. The molecular weight excluding hydrogens is 379 g/mol. The van der Waals surface area contributed by atoms with Crippen LogP contribution in [0.1, 0.15) is 5.56 Å². The van der Waals surface area contributed by atoms with Crippen LogP contribution in [0.4, 0.5) is 10.5 Å². The van der Waals surface area contributed by atoms with E-state index in [-0.39, 0.29) is 16.3 Å². The van der Waals surface area contributed by atoms with Crippen molar-refractivity contribution >= 4 is 52.8 Å². The maximum Gasteiger partial charge on any atom is 0.335 e. The van der Waals surface area contributed by atoms with Crippen LogP contribution in [0, 0.1) is 0 Å². The Kier molecular flexibility index (Phi) is 4.97. The van der Waals surface area contributed by atoms with Crippen molar-refractivity contribution in [2.24, 2.45) is 0 Å². The highest BCUT2D eigenvalue weighted by atomic mass is 35.5. The molecule has 0 saturated carbocycles. The van der Waals surface area contributed by atoms with Crippen LogP contribution in [0.25, 0.3) is 6.08 Å². The summed E-state index contributed by atoms with van der Waals surface area (Å²) >= 11 is 12.1. The van der Waals surface area contributed by atoms with Gasteiger partial charge in [0.1, 0.15) is 11.3 Å². The van der Waals surface area contributed by atoms with Crippen molar-refractivity contribution in [2.45, 2.75) is 0 Å². The minimum atomic E-state index is -0.820. The third-order valence-corrected chi connectivity index (χ3v) is 4.16. The van der Waals surface area contributed by atoms with E-state index in [2.05, 4.69) is 5.32 Å². The number of rotatable bonds is 3. The van der Waals surface area contributed by atoms with Gasteiger partial charge in [0.25, 0.3) is 11.8 Å². The first-order valence-corrected chi connectivity index (χ1v) is 8.17. The summed E-state index contributed by atoms with van der Waals surface area (Å²) < 4.78 is 5.22. The molecule has 26 heavy (non-hydrogen) atoms. The van der Waals surface area contributed by atoms with Crippen LogP contribution >= 0.6 is 23.2 Å². The fraction of sp³-hybridized carbons (Fsp3) is 0.0556. The zero-order valence-corrected chi connectivity index (χ0v) is 15.0. The number of benzene rings is 2. The maximum atomic E-state index is 12.8. The third-order valence-electron chi connectivity index (χ3n) is 3.66. The first-order valence-electron chi connectivity index (χ1n) is 7.42. The molecule has 0 spiro atoms. The highest BCUT2D eigenvalue weighted by Gasteiger charge is 2.36. The van der Waals surface area contributed by atoms with Gasteiger partial charge in [0.05, 0.1) is 17.8 Å². The van der Waals surface area contributed by atoms with Crippen molar-refractivity contribution < 1.29 is 19.1 Å². The van der Waals surface area contributed by atoms with Gasteiger partial charge in [-0.25, -0.2) is 9.69 Å². The molecule has 0 radical (unpaired) electrons. The Labute approximate surface area is 158 Å². The fourth-order valence-electron chi connectivity index (χ4n) is 2.53. The van der Waals surface area contributed by atoms with Crippen molar-refractivity contribution in [2.75, 3.05) is 12.0 Å². The second kappa shape index (κ2) is 7.19. The van der Waals surface area contributed by atoms with Gasteiger partial charge in [0.2, 0.25) is 0 Å². The number of amides is 4. The number of halogens is 2. The largest absolute Gasteiger partial charge is 0.495 e. The van der Waals surface area contributed by atoms with Gasteiger partial charge >= 0.3 is 6.03 Å². The molecule has 2 aromatic rings. The van der Waals surface area contributed by atoms with Crippen LogP contribution < -0.4 is 15.0 Å². The molecule has 0 aromatic heterocycles. The molecule has 1 N–H and O–H groups in total. The van der Waals surface area contributed by atoms with Crippen molar-refractivity contribution in [3.63, 3.8) is 0 Å². The first kappa shape index (κ1) is 18.0. The molecule has 132 valence electrons. The molecule has 6 nitrogen and oxygen atoms in total. The van der Waals surface area contributed by atoms with E-state index in [1.807, 2.05) is 0 Å². The van der Waals surface area contributed by atoms with E-state index in [1.165, 1.54) is 25.3 Å². The van der Waals surface area contributed by atoms with E-state index < -0.39 is 17.8 Å². The van der Waals surface area contributed by atoms with Crippen molar-refractivity contribution in [3.8, 4) is 5.75 Å². The predicted octanol–water partition coefficient (Wildman–Crippen LogP) is 3.67. The number of carbonyl (C=O) groups is 3. The summed E-state index contributed by atoms with van der Waals surface area (Å²) in [4.78, 5) is 38.0. The fourth-order valence-corrected chi connectivity index (χ4v) is 3.11. The molecule has 0 atom stereocenters. The maximum absolute atomic E-state index is 12.8. The summed E-state index contributed by atoms with van der Waals surface area (Å²) in [6.07, 6.45) is 1.29. The Morgan fingerprint density at radius 3 is 2.42 bits per heavy atom. The van der Waals surface area contributed by atoms with Crippen molar-refractivity contribution in [1.82, 2.24) is 5.32 Å². The van der Waals surface area contributed by atoms with Crippen LogP contribution in [-0.4, -0.2) is 25.0 Å². The number of imide groups is 2. The summed E-state index contributed by atoms with van der Waals surface area (Å²) in [7, 11) is 1.40. The number of nitrogens with one attached hydrogen (secondary N) is 1. The molecular formula is C18H12Cl2N2O4. The number of methoxy groups -OCH3 is 1. The van der Waals surface area contributed by atoms with Crippen LogP contribution in [0.15, 0.2) is 48.0 Å². The summed E-state index contributed by atoms with van der Waals surface area (Å²) in [5.74, 6) is -1.32. The van der Waals surface area contributed by atoms with Crippen molar-refractivity contribution in [1.29, 1.82) is 0 Å². The Balaban J connectivity index is 2.10. The molecule has 1 aliphatic heterocycles. The number of para-hydroxylation sites is 1. The Morgan fingerprint density at radius 1 is 1.08 bits per heavy atom. The monoisotopic (exact) mass is 390 g/mol. The molecule has 1 heterocycles. The molecule has 0 unspecified atom stereocenters. The topological polar surface area (TPSA) is 75.7 Å². The van der Waals surface area contributed by atoms with E-state index in [0.717, 1.165) is 4.90 Å². The molecule has 0 aliphatic carbocycles. The number of carbonyl (C=O) groups excluding carboxylic acids is 3. The number of anilines is 1. The molecule has 8 heteroatoms. The predicted molar refractivity (Wildman–Crippen MR) is 98.5 cm³/mol. The van der Waals surface area contributed by atoms with Gasteiger partial charge in [0, 0.05) is 10.6 Å². The highest BCUT2D eigenvalue weighted by Crippen LogP contribution is 2.34. The van der Waals surface area contributed by atoms with E-state index in [4.69, 9.17) is 27.9 Å².